The van der Waals surface area contributed by atoms with Crippen molar-refractivity contribution in [3.63, 3.8) is 0 Å². The molecule has 16 heavy (non-hydrogen) atoms. The Morgan fingerprint density at radius 1 is 1.25 bits per heavy atom. The van der Waals surface area contributed by atoms with Crippen molar-refractivity contribution in [3.8, 4) is 0 Å². The third-order valence-electron chi connectivity index (χ3n) is 2.62. The summed E-state index contributed by atoms with van der Waals surface area (Å²) in [4.78, 5) is 2.40. The van der Waals surface area contributed by atoms with Crippen LogP contribution in [-0.4, -0.2) is 62.0 Å². The molecule has 0 aliphatic heterocycles. The highest BCUT2D eigenvalue weighted by Crippen LogP contribution is 1.90. The monoisotopic (exact) mass is 232 g/mol. The van der Waals surface area contributed by atoms with Gasteiger partial charge < -0.3 is 20.1 Å². The maximum Gasteiger partial charge on any atom is 0.0897 e. The summed E-state index contributed by atoms with van der Waals surface area (Å²) in [7, 11) is 0. The quantitative estimate of drug-likeness (QED) is 0.515. The number of aliphatic hydroxyl groups is 1. The van der Waals surface area contributed by atoms with Crippen LogP contribution in [-0.2, 0) is 4.74 Å². The number of nitrogens with zero attached hydrogens (tertiary/aromatic N) is 1. The van der Waals surface area contributed by atoms with E-state index in [2.05, 4.69) is 24.1 Å². The average Bonchev–Trinajstić information content (AvgIpc) is 2.31. The van der Waals surface area contributed by atoms with Crippen LogP contribution in [0.25, 0.3) is 0 Å². The van der Waals surface area contributed by atoms with E-state index in [1.54, 1.807) is 0 Å². The highest BCUT2D eigenvalue weighted by Gasteiger charge is 2.03. The lowest BCUT2D eigenvalue weighted by atomic mass is 10.3. The number of ether oxygens (including phenoxy) is 1. The molecule has 1 atom stereocenters. The van der Waals surface area contributed by atoms with Gasteiger partial charge in [-0.3, -0.25) is 0 Å². The summed E-state index contributed by atoms with van der Waals surface area (Å²) < 4.78 is 5.13. The molecule has 2 N–H and O–H groups in total. The molecule has 0 saturated heterocycles. The van der Waals surface area contributed by atoms with Gasteiger partial charge in [0, 0.05) is 13.2 Å². The van der Waals surface area contributed by atoms with Crippen LogP contribution in [0.1, 0.15) is 27.2 Å². The topological polar surface area (TPSA) is 44.7 Å². The van der Waals surface area contributed by atoms with Crippen LogP contribution in [0.15, 0.2) is 0 Å². The van der Waals surface area contributed by atoms with E-state index in [4.69, 9.17) is 4.74 Å². The Morgan fingerprint density at radius 2 is 1.94 bits per heavy atom. The second-order valence-electron chi connectivity index (χ2n) is 3.90. The van der Waals surface area contributed by atoms with Gasteiger partial charge in [0.25, 0.3) is 0 Å². The van der Waals surface area contributed by atoms with Crippen LogP contribution in [0.5, 0.6) is 0 Å². The molecule has 0 amide bonds. The van der Waals surface area contributed by atoms with Crippen LogP contribution < -0.4 is 5.32 Å². The standard InChI is InChI=1S/C12H28N2O2/c1-4-14(5-2)9-7-8-13-10-12(15)11-16-6-3/h12-13,15H,4-11H2,1-3H3. The van der Waals surface area contributed by atoms with E-state index < -0.39 is 0 Å². The molecular formula is C12H28N2O2. The van der Waals surface area contributed by atoms with Crippen LogP contribution >= 0.6 is 0 Å². The molecule has 0 rings (SSSR count). The molecule has 0 aromatic rings. The molecule has 0 heterocycles. The summed E-state index contributed by atoms with van der Waals surface area (Å²) >= 11 is 0. The number of hydrogen-bond acceptors (Lipinski definition) is 4. The predicted octanol–water partition coefficient (Wildman–Crippen LogP) is 0.705. The summed E-state index contributed by atoms with van der Waals surface area (Å²) in [5.74, 6) is 0. The molecule has 1 unspecified atom stereocenters. The zero-order valence-corrected chi connectivity index (χ0v) is 11.0. The number of nitrogens with one attached hydrogen (secondary N) is 1. The molecule has 0 radical (unpaired) electrons. The van der Waals surface area contributed by atoms with E-state index in [0.29, 0.717) is 19.8 Å². The van der Waals surface area contributed by atoms with Gasteiger partial charge >= 0.3 is 0 Å². The van der Waals surface area contributed by atoms with Gasteiger partial charge in [-0.15, -0.1) is 0 Å². The van der Waals surface area contributed by atoms with Crippen molar-refractivity contribution in [2.45, 2.75) is 33.3 Å². The van der Waals surface area contributed by atoms with Gasteiger partial charge in [-0.1, -0.05) is 13.8 Å². The smallest absolute Gasteiger partial charge is 0.0897 e. The second kappa shape index (κ2) is 11.3. The lowest BCUT2D eigenvalue weighted by Gasteiger charge is -2.18. The minimum atomic E-state index is -0.381. The van der Waals surface area contributed by atoms with Crippen molar-refractivity contribution in [1.29, 1.82) is 0 Å². The molecule has 0 aromatic heterocycles. The fourth-order valence-corrected chi connectivity index (χ4v) is 1.55. The first-order valence-corrected chi connectivity index (χ1v) is 6.43. The van der Waals surface area contributed by atoms with E-state index in [1.807, 2.05) is 6.92 Å². The van der Waals surface area contributed by atoms with E-state index in [0.717, 1.165) is 32.6 Å². The molecule has 98 valence electrons. The lowest BCUT2D eigenvalue weighted by molar-refractivity contribution is 0.0428. The Bertz CT molecular complexity index is 141. The van der Waals surface area contributed by atoms with Crippen molar-refractivity contribution in [3.05, 3.63) is 0 Å². The van der Waals surface area contributed by atoms with Crippen molar-refractivity contribution in [2.75, 3.05) is 45.9 Å². The molecule has 0 aromatic carbocycles. The van der Waals surface area contributed by atoms with Crippen LogP contribution in [0.2, 0.25) is 0 Å². The highest BCUT2D eigenvalue weighted by molar-refractivity contribution is 4.60. The molecule has 0 fully saturated rings. The van der Waals surface area contributed by atoms with Crippen molar-refractivity contribution in [2.24, 2.45) is 0 Å². The van der Waals surface area contributed by atoms with Crippen molar-refractivity contribution >= 4 is 0 Å². The van der Waals surface area contributed by atoms with Crippen molar-refractivity contribution < 1.29 is 9.84 Å². The Balaban J connectivity index is 3.25. The zero-order valence-electron chi connectivity index (χ0n) is 11.0. The molecule has 0 aliphatic carbocycles. The Labute approximate surface area is 100.0 Å². The maximum absolute atomic E-state index is 9.48. The number of aliphatic hydroxyl groups excluding tert-OH is 1. The average molecular weight is 232 g/mol. The summed E-state index contributed by atoms with van der Waals surface area (Å²) in [6.45, 7) is 12.3. The maximum atomic E-state index is 9.48. The third kappa shape index (κ3) is 9.09. The third-order valence-corrected chi connectivity index (χ3v) is 2.62. The SMILES string of the molecule is CCOCC(O)CNCCCN(CC)CC. The first-order chi connectivity index (χ1) is 7.74. The van der Waals surface area contributed by atoms with Crippen LogP contribution in [0.3, 0.4) is 0 Å². The van der Waals surface area contributed by atoms with Gasteiger partial charge in [-0.25, -0.2) is 0 Å². The second-order valence-corrected chi connectivity index (χ2v) is 3.90. The summed E-state index contributed by atoms with van der Waals surface area (Å²) in [6, 6.07) is 0. The fourth-order valence-electron chi connectivity index (χ4n) is 1.55. The van der Waals surface area contributed by atoms with Crippen LogP contribution in [0.4, 0.5) is 0 Å². The summed E-state index contributed by atoms with van der Waals surface area (Å²) in [5.41, 5.74) is 0. The minimum absolute atomic E-state index is 0.381. The van der Waals surface area contributed by atoms with E-state index in [9.17, 15) is 5.11 Å². The van der Waals surface area contributed by atoms with Gasteiger partial charge in [0.2, 0.25) is 0 Å². The van der Waals surface area contributed by atoms with Crippen molar-refractivity contribution in [1.82, 2.24) is 10.2 Å². The van der Waals surface area contributed by atoms with Crippen LogP contribution in [0, 0.1) is 0 Å². The summed E-state index contributed by atoms with van der Waals surface area (Å²) in [5, 5.41) is 12.7. The lowest BCUT2D eigenvalue weighted by Crippen LogP contribution is -2.33. The van der Waals surface area contributed by atoms with Gasteiger partial charge in [-0.05, 0) is 39.5 Å². The first kappa shape index (κ1) is 15.8. The highest BCUT2D eigenvalue weighted by atomic mass is 16.5. The normalized spacial score (nSPS) is 13.3. The van der Waals surface area contributed by atoms with E-state index in [-0.39, 0.29) is 6.10 Å². The van der Waals surface area contributed by atoms with Gasteiger partial charge in [0.1, 0.15) is 0 Å². The van der Waals surface area contributed by atoms with E-state index >= 15 is 0 Å². The van der Waals surface area contributed by atoms with E-state index in [1.165, 1.54) is 0 Å². The number of rotatable bonds is 11. The minimum Gasteiger partial charge on any atom is -0.389 e. The predicted molar refractivity (Wildman–Crippen MR) is 67.8 cm³/mol. The first-order valence-electron chi connectivity index (χ1n) is 6.43. The molecular weight excluding hydrogens is 204 g/mol. The molecule has 0 aliphatic rings. The molecule has 4 nitrogen and oxygen atoms in total. The Hall–Kier alpha value is -0.160. The van der Waals surface area contributed by atoms with Gasteiger partial charge in [-0.2, -0.15) is 0 Å². The van der Waals surface area contributed by atoms with Gasteiger partial charge in [0.05, 0.1) is 12.7 Å². The largest absolute Gasteiger partial charge is 0.389 e. The molecule has 0 saturated carbocycles. The molecule has 0 spiro atoms. The molecule has 4 heteroatoms. The van der Waals surface area contributed by atoms with Gasteiger partial charge in [0.15, 0.2) is 0 Å². The Morgan fingerprint density at radius 3 is 2.50 bits per heavy atom. The fraction of sp³-hybridized carbons (Fsp3) is 1.00. The number of hydrogen-bond donors (Lipinski definition) is 2. The summed E-state index contributed by atoms with van der Waals surface area (Å²) in [6.07, 6.45) is 0.747. The zero-order chi connectivity index (χ0) is 12.2. The molecule has 0 bridgehead atoms. The Kier molecular flexibility index (Phi) is 11.2.